The van der Waals surface area contributed by atoms with Gasteiger partial charge in [-0.3, -0.25) is 4.79 Å². The fourth-order valence-electron chi connectivity index (χ4n) is 1.26. The summed E-state index contributed by atoms with van der Waals surface area (Å²) in [6.07, 6.45) is 1.59. The molecule has 2 rings (SSSR count). The lowest BCUT2D eigenvalue weighted by Crippen LogP contribution is -2.01. The Hall–Kier alpha value is -1.78. The van der Waals surface area contributed by atoms with Crippen molar-refractivity contribution in [2.75, 3.05) is 0 Å². The van der Waals surface area contributed by atoms with Gasteiger partial charge in [-0.2, -0.15) is 5.11 Å². The van der Waals surface area contributed by atoms with Gasteiger partial charge in [-0.1, -0.05) is 6.07 Å². The van der Waals surface area contributed by atoms with Crippen molar-refractivity contribution in [3.8, 4) is 0 Å². The largest absolute Gasteiger partial charge is 0.481 e. The van der Waals surface area contributed by atoms with Crippen LogP contribution in [-0.4, -0.2) is 16.1 Å². The molecule has 1 atom stereocenters. The fourth-order valence-corrected chi connectivity index (χ4v) is 1.26. The standard InChI is InChI=1S/C8H7N3O2/c12-7(13)4-6-5-2-1-3-9-8(5)11-10-6/h1-3,6H,4H2,(H,12,13). The summed E-state index contributed by atoms with van der Waals surface area (Å²) in [6, 6.07) is 3.20. The second-order valence-electron chi connectivity index (χ2n) is 2.75. The zero-order chi connectivity index (χ0) is 9.26. The molecule has 0 fully saturated rings. The summed E-state index contributed by atoms with van der Waals surface area (Å²) in [5.41, 5.74) is 0.796. The van der Waals surface area contributed by atoms with E-state index < -0.39 is 5.97 Å². The Labute approximate surface area is 74.1 Å². The summed E-state index contributed by atoms with van der Waals surface area (Å²) in [7, 11) is 0. The lowest BCUT2D eigenvalue weighted by Gasteiger charge is -2.02. The van der Waals surface area contributed by atoms with Gasteiger partial charge < -0.3 is 5.11 Å². The van der Waals surface area contributed by atoms with Gasteiger partial charge >= 0.3 is 5.97 Å². The quantitative estimate of drug-likeness (QED) is 0.746. The number of aliphatic carboxylic acids is 1. The molecule has 1 aromatic rings. The van der Waals surface area contributed by atoms with Crippen LogP contribution in [0.2, 0.25) is 0 Å². The average Bonchev–Trinajstić information content (AvgIpc) is 2.48. The van der Waals surface area contributed by atoms with Crippen LogP contribution in [0.25, 0.3) is 0 Å². The Morgan fingerprint density at radius 2 is 2.46 bits per heavy atom. The first-order valence-corrected chi connectivity index (χ1v) is 3.85. The van der Waals surface area contributed by atoms with Gasteiger partial charge in [0.15, 0.2) is 5.82 Å². The molecule has 1 N–H and O–H groups in total. The average molecular weight is 177 g/mol. The molecule has 1 aliphatic heterocycles. The van der Waals surface area contributed by atoms with E-state index in [1.54, 1.807) is 18.3 Å². The first-order valence-electron chi connectivity index (χ1n) is 3.85. The Kier molecular flexibility index (Phi) is 1.77. The number of rotatable bonds is 2. The second kappa shape index (κ2) is 2.93. The molecule has 13 heavy (non-hydrogen) atoms. The van der Waals surface area contributed by atoms with Crippen LogP contribution < -0.4 is 0 Å². The molecule has 0 amide bonds. The number of azo groups is 1. The van der Waals surface area contributed by atoms with Crippen LogP contribution >= 0.6 is 0 Å². The fraction of sp³-hybridized carbons (Fsp3) is 0.250. The lowest BCUT2D eigenvalue weighted by molar-refractivity contribution is -0.137. The highest BCUT2D eigenvalue weighted by Crippen LogP contribution is 2.35. The molecule has 1 aromatic heterocycles. The summed E-state index contributed by atoms with van der Waals surface area (Å²) >= 11 is 0. The number of carboxylic acids is 1. The predicted molar refractivity (Wildman–Crippen MR) is 43.7 cm³/mol. The number of fused-ring (bicyclic) bond motifs is 1. The van der Waals surface area contributed by atoms with Gasteiger partial charge in [0.2, 0.25) is 0 Å². The first-order chi connectivity index (χ1) is 6.27. The van der Waals surface area contributed by atoms with E-state index in [1.807, 2.05) is 0 Å². The van der Waals surface area contributed by atoms with E-state index in [2.05, 4.69) is 15.2 Å². The SMILES string of the molecule is O=C(O)CC1N=Nc2ncccc21. The van der Waals surface area contributed by atoms with Crippen molar-refractivity contribution in [3.05, 3.63) is 23.9 Å². The molecule has 0 bridgehead atoms. The van der Waals surface area contributed by atoms with E-state index in [-0.39, 0.29) is 12.5 Å². The number of carbonyl (C=O) groups is 1. The normalized spacial score (nSPS) is 18.6. The number of hydrogen-bond donors (Lipinski definition) is 1. The van der Waals surface area contributed by atoms with Crippen molar-refractivity contribution < 1.29 is 9.90 Å². The summed E-state index contributed by atoms with van der Waals surface area (Å²) in [4.78, 5) is 14.4. The predicted octanol–water partition coefficient (Wildman–Crippen LogP) is 1.69. The molecule has 2 heterocycles. The minimum atomic E-state index is -0.874. The zero-order valence-corrected chi connectivity index (χ0v) is 6.71. The van der Waals surface area contributed by atoms with Crippen molar-refractivity contribution in [1.29, 1.82) is 0 Å². The van der Waals surface area contributed by atoms with Gasteiger partial charge in [-0.25, -0.2) is 4.98 Å². The monoisotopic (exact) mass is 177 g/mol. The van der Waals surface area contributed by atoms with E-state index in [0.717, 1.165) is 5.56 Å². The van der Waals surface area contributed by atoms with Crippen LogP contribution in [0.15, 0.2) is 28.6 Å². The van der Waals surface area contributed by atoms with Crippen molar-refractivity contribution in [2.45, 2.75) is 12.5 Å². The van der Waals surface area contributed by atoms with Gasteiger partial charge in [-0.05, 0) is 6.07 Å². The topological polar surface area (TPSA) is 74.9 Å². The molecule has 0 aliphatic carbocycles. The van der Waals surface area contributed by atoms with E-state index in [0.29, 0.717) is 5.82 Å². The number of pyridine rings is 1. The van der Waals surface area contributed by atoms with E-state index >= 15 is 0 Å². The minimum Gasteiger partial charge on any atom is -0.481 e. The van der Waals surface area contributed by atoms with E-state index in [4.69, 9.17) is 5.11 Å². The van der Waals surface area contributed by atoms with Gasteiger partial charge in [0.25, 0.3) is 0 Å². The molecular weight excluding hydrogens is 170 g/mol. The van der Waals surface area contributed by atoms with Crippen LogP contribution in [0, 0.1) is 0 Å². The van der Waals surface area contributed by atoms with Crippen molar-refractivity contribution in [2.24, 2.45) is 10.2 Å². The summed E-state index contributed by atoms with van der Waals surface area (Å²) in [6.45, 7) is 0. The molecule has 0 saturated carbocycles. The number of aromatic nitrogens is 1. The van der Waals surface area contributed by atoms with Crippen LogP contribution in [0.4, 0.5) is 5.82 Å². The Morgan fingerprint density at radius 1 is 1.62 bits per heavy atom. The van der Waals surface area contributed by atoms with E-state index in [1.165, 1.54) is 0 Å². The van der Waals surface area contributed by atoms with Crippen molar-refractivity contribution in [1.82, 2.24) is 4.98 Å². The van der Waals surface area contributed by atoms with Gasteiger partial charge in [0, 0.05) is 11.8 Å². The smallest absolute Gasteiger partial charge is 0.305 e. The van der Waals surface area contributed by atoms with Gasteiger partial charge in [0.1, 0.15) is 6.04 Å². The van der Waals surface area contributed by atoms with Crippen LogP contribution in [0.3, 0.4) is 0 Å². The van der Waals surface area contributed by atoms with Crippen molar-refractivity contribution >= 4 is 11.8 Å². The molecule has 0 aromatic carbocycles. The lowest BCUT2D eigenvalue weighted by atomic mass is 10.1. The molecular formula is C8H7N3O2. The van der Waals surface area contributed by atoms with Crippen LogP contribution in [0.1, 0.15) is 18.0 Å². The molecule has 0 radical (unpaired) electrons. The third kappa shape index (κ3) is 1.40. The highest BCUT2D eigenvalue weighted by Gasteiger charge is 2.23. The Bertz CT molecular complexity index is 375. The summed E-state index contributed by atoms with van der Waals surface area (Å²) in [5, 5.41) is 16.2. The van der Waals surface area contributed by atoms with Crippen LogP contribution in [-0.2, 0) is 4.79 Å². The third-order valence-electron chi connectivity index (χ3n) is 1.84. The number of hydrogen-bond acceptors (Lipinski definition) is 4. The molecule has 5 heteroatoms. The summed E-state index contributed by atoms with van der Waals surface area (Å²) in [5.74, 6) is -0.339. The first kappa shape index (κ1) is 7.85. The number of carboxylic acid groups (broad SMARTS) is 1. The van der Waals surface area contributed by atoms with Crippen molar-refractivity contribution in [3.63, 3.8) is 0 Å². The Morgan fingerprint density at radius 3 is 3.23 bits per heavy atom. The van der Waals surface area contributed by atoms with Crippen LogP contribution in [0.5, 0.6) is 0 Å². The maximum atomic E-state index is 10.4. The highest BCUT2D eigenvalue weighted by atomic mass is 16.4. The maximum Gasteiger partial charge on any atom is 0.305 e. The van der Waals surface area contributed by atoms with E-state index in [9.17, 15) is 4.79 Å². The molecule has 0 saturated heterocycles. The van der Waals surface area contributed by atoms with Gasteiger partial charge in [-0.15, -0.1) is 5.11 Å². The molecule has 66 valence electrons. The Balaban J connectivity index is 2.28. The molecule has 1 unspecified atom stereocenters. The number of nitrogens with zero attached hydrogens (tertiary/aromatic N) is 3. The second-order valence-corrected chi connectivity index (χ2v) is 2.75. The molecule has 0 spiro atoms. The zero-order valence-electron chi connectivity index (χ0n) is 6.71. The molecule has 5 nitrogen and oxygen atoms in total. The summed E-state index contributed by atoms with van der Waals surface area (Å²) < 4.78 is 0. The molecule has 1 aliphatic rings. The minimum absolute atomic E-state index is 0.0256. The third-order valence-corrected chi connectivity index (χ3v) is 1.84. The maximum absolute atomic E-state index is 10.4. The highest BCUT2D eigenvalue weighted by molar-refractivity contribution is 5.68. The van der Waals surface area contributed by atoms with Gasteiger partial charge in [0.05, 0.1) is 6.42 Å².